The highest BCUT2D eigenvalue weighted by molar-refractivity contribution is 5.88. The number of fused-ring (bicyclic) bond motifs is 4. The van der Waals surface area contributed by atoms with Gasteiger partial charge < -0.3 is 4.90 Å². The Bertz CT molecular complexity index is 2420. The number of nitrogens with zero attached hydrogens (tertiary/aromatic N) is 1. The second-order valence-corrected chi connectivity index (χ2v) is 19.2. The Hall–Kier alpha value is -4.88. The van der Waals surface area contributed by atoms with Gasteiger partial charge in [0.1, 0.15) is 0 Å². The van der Waals surface area contributed by atoms with E-state index in [9.17, 15) is 0 Å². The van der Waals surface area contributed by atoms with Crippen LogP contribution in [0, 0.1) is 23.7 Å². The van der Waals surface area contributed by atoms with Crippen molar-refractivity contribution in [3.05, 3.63) is 162 Å². The van der Waals surface area contributed by atoms with E-state index in [1.165, 1.54) is 107 Å². The van der Waals surface area contributed by atoms with Crippen molar-refractivity contribution < 1.29 is 0 Å². The summed E-state index contributed by atoms with van der Waals surface area (Å²) in [6.07, 6.45) is 9.47. The number of hydrogen-bond acceptors (Lipinski definition) is 1. The molecule has 0 amide bonds. The first-order chi connectivity index (χ1) is 26.7. The van der Waals surface area contributed by atoms with Gasteiger partial charge in [-0.2, -0.15) is 0 Å². The van der Waals surface area contributed by atoms with Crippen LogP contribution < -0.4 is 4.90 Å². The molecule has 4 fully saturated rings. The fraction of sp³-hybridized carbons (Fsp3) is 0.333. The second-order valence-electron chi connectivity index (χ2n) is 19.2. The summed E-state index contributed by atoms with van der Waals surface area (Å²) >= 11 is 0. The molecule has 4 saturated carbocycles. The summed E-state index contributed by atoms with van der Waals surface area (Å²) in [6, 6.07) is 53.6. The molecule has 0 atom stereocenters. The van der Waals surface area contributed by atoms with Gasteiger partial charge in [-0.05, 0) is 171 Å². The van der Waals surface area contributed by atoms with Crippen LogP contribution in [-0.2, 0) is 16.2 Å². The van der Waals surface area contributed by atoms with Crippen LogP contribution in [0.25, 0.3) is 33.4 Å². The molecule has 4 bridgehead atoms. The minimum absolute atomic E-state index is 0.117. The lowest BCUT2D eigenvalue weighted by molar-refractivity contribution is -0.0399. The van der Waals surface area contributed by atoms with Crippen molar-refractivity contribution in [2.24, 2.45) is 23.7 Å². The Labute approximate surface area is 328 Å². The van der Waals surface area contributed by atoms with Gasteiger partial charge in [0.2, 0.25) is 0 Å². The number of rotatable bonds is 5. The molecule has 0 heterocycles. The Morgan fingerprint density at radius 1 is 0.418 bits per heavy atom. The predicted molar refractivity (Wildman–Crippen MR) is 231 cm³/mol. The maximum absolute atomic E-state index is 2.64. The number of hydrogen-bond donors (Lipinski definition) is 0. The third-order valence-corrected chi connectivity index (χ3v) is 15.3. The van der Waals surface area contributed by atoms with E-state index in [0.717, 1.165) is 23.7 Å². The second kappa shape index (κ2) is 12.1. The van der Waals surface area contributed by atoms with Crippen molar-refractivity contribution in [3.8, 4) is 33.4 Å². The van der Waals surface area contributed by atoms with Crippen molar-refractivity contribution in [1.82, 2.24) is 0 Å². The van der Waals surface area contributed by atoms with Crippen molar-refractivity contribution >= 4 is 17.1 Å². The molecule has 0 saturated heterocycles. The smallest absolute Gasteiger partial charge is 0.0467 e. The summed E-state index contributed by atoms with van der Waals surface area (Å²) in [7, 11) is 0. The molecule has 274 valence electrons. The summed E-state index contributed by atoms with van der Waals surface area (Å²) in [5, 5.41) is 0. The van der Waals surface area contributed by atoms with Crippen LogP contribution in [0.15, 0.2) is 140 Å². The lowest BCUT2D eigenvalue weighted by Gasteiger charge is -2.61. The molecular weight excluding hydrogens is 663 g/mol. The highest BCUT2D eigenvalue weighted by Crippen LogP contribution is 2.69. The maximum atomic E-state index is 2.64. The summed E-state index contributed by atoms with van der Waals surface area (Å²) in [5.74, 6) is 3.32. The fourth-order valence-corrected chi connectivity index (χ4v) is 12.9. The molecule has 1 spiro atoms. The maximum Gasteiger partial charge on any atom is 0.0467 e. The van der Waals surface area contributed by atoms with E-state index in [1.807, 2.05) is 0 Å². The molecule has 1 nitrogen and oxygen atoms in total. The van der Waals surface area contributed by atoms with E-state index in [1.54, 1.807) is 11.1 Å². The molecular formula is C54H53N. The molecule has 0 N–H and O–H groups in total. The van der Waals surface area contributed by atoms with Crippen LogP contribution in [0.4, 0.5) is 17.1 Å². The zero-order valence-corrected chi connectivity index (χ0v) is 33.0. The Morgan fingerprint density at radius 3 is 1.75 bits per heavy atom. The van der Waals surface area contributed by atoms with Gasteiger partial charge in [-0.15, -0.1) is 0 Å². The van der Waals surface area contributed by atoms with Crippen molar-refractivity contribution in [2.45, 2.75) is 88.9 Å². The largest absolute Gasteiger partial charge is 0.310 e. The quantitative estimate of drug-likeness (QED) is 0.172. The number of anilines is 3. The van der Waals surface area contributed by atoms with Crippen molar-refractivity contribution in [3.63, 3.8) is 0 Å². The van der Waals surface area contributed by atoms with Gasteiger partial charge in [-0.3, -0.25) is 0 Å². The Balaban J connectivity index is 1.09. The molecule has 6 aliphatic rings. The molecule has 12 rings (SSSR count). The summed E-state index contributed by atoms with van der Waals surface area (Å²) in [4.78, 5) is 2.55. The average Bonchev–Trinajstić information content (AvgIpc) is 3.49. The summed E-state index contributed by atoms with van der Waals surface area (Å²) in [5.41, 5.74) is 18.5. The van der Waals surface area contributed by atoms with Gasteiger partial charge in [0.05, 0.1) is 0 Å². The van der Waals surface area contributed by atoms with Gasteiger partial charge in [-0.25, -0.2) is 0 Å². The van der Waals surface area contributed by atoms with Crippen LogP contribution in [0.5, 0.6) is 0 Å². The molecule has 0 unspecified atom stereocenters. The van der Waals surface area contributed by atoms with Gasteiger partial charge in [0, 0.05) is 22.5 Å². The first-order valence-corrected chi connectivity index (χ1v) is 21.2. The molecule has 6 aliphatic carbocycles. The Morgan fingerprint density at radius 2 is 0.982 bits per heavy atom. The molecule has 6 aromatic carbocycles. The van der Waals surface area contributed by atoms with E-state index in [4.69, 9.17) is 0 Å². The molecule has 0 aromatic heterocycles. The van der Waals surface area contributed by atoms with Gasteiger partial charge in [-0.1, -0.05) is 131 Å². The fourth-order valence-electron chi connectivity index (χ4n) is 12.9. The third kappa shape index (κ3) is 4.97. The summed E-state index contributed by atoms with van der Waals surface area (Å²) < 4.78 is 0. The third-order valence-electron chi connectivity index (χ3n) is 15.3. The van der Waals surface area contributed by atoms with E-state index >= 15 is 0 Å². The molecule has 0 aliphatic heterocycles. The highest BCUT2D eigenvalue weighted by Gasteiger charge is 2.61. The van der Waals surface area contributed by atoms with Crippen LogP contribution in [0.3, 0.4) is 0 Å². The van der Waals surface area contributed by atoms with E-state index in [-0.39, 0.29) is 16.2 Å². The standard InChI is InChI=1S/C54H53N/c1-52(2)26-27-53(3,4)51-45(17-11-19-49(51)52)39-14-10-15-43(33-39)55(42-22-20-38(21-23-42)37-12-6-5-7-13-37)44-24-25-47-46-16-8-9-18-48(46)54(50(47)34-44)40-29-35-28-36(31-40)32-41(54)30-35/h5-25,33-36,40-41H,26-32H2,1-4H3. The van der Waals surface area contributed by atoms with Crippen LogP contribution in [0.1, 0.15) is 94.9 Å². The lowest BCUT2D eigenvalue weighted by atomic mass is 9.43. The van der Waals surface area contributed by atoms with E-state index < -0.39 is 0 Å². The van der Waals surface area contributed by atoms with Crippen LogP contribution in [-0.4, -0.2) is 0 Å². The normalized spacial score (nSPS) is 26.0. The van der Waals surface area contributed by atoms with E-state index in [2.05, 4.69) is 172 Å². The van der Waals surface area contributed by atoms with Crippen molar-refractivity contribution in [2.75, 3.05) is 4.90 Å². The number of benzene rings is 6. The van der Waals surface area contributed by atoms with Crippen LogP contribution in [0.2, 0.25) is 0 Å². The predicted octanol–water partition coefficient (Wildman–Crippen LogP) is 14.6. The topological polar surface area (TPSA) is 3.24 Å². The monoisotopic (exact) mass is 715 g/mol. The molecule has 0 radical (unpaired) electrons. The van der Waals surface area contributed by atoms with Crippen molar-refractivity contribution in [1.29, 1.82) is 0 Å². The average molecular weight is 716 g/mol. The SMILES string of the molecule is CC1(C)CCC(C)(C)c2c(-c3cccc(N(c4ccc(-c5ccccc5)cc4)c4ccc5c(c4)C4(c6ccccc6-5)C5CC6CC(C5)CC4C6)c3)cccc21. The molecule has 6 aromatic rings. The first-order valence-electron chi connectivity index (χ1n) is 21.2. The summed E-state index contributed by atoms with van der Waals surface area (Å²) in [6.45, 7) is 9.78. The first kappa shape index (κ1) is 33.5. The zero-order chi connectivity index (χ0) is 37.1. The van der Waals surface area contributed by atoms with Crippen LogP contribution >= 0.6 is 0 Å². The minimum Gasteiger partial charge on any atom is -0.310 e. The zero-order valence-electron chi connectivity index (χ0n) is 33.0. The lowest BCUT2D eigenvalue weighted by Crippen LogP contribution is -2.55. The molecule has 55 heavy (non-hydrogen) atoms. The highest BCUT2D eigenvalue weighted by atomic mass is 15.1. The minimum atomic E-state index is 0.117. The van der Waals surface area contributed by atoms with Gasteiger partial charge in [0.25, 0.3) is 0 Å². The Kier molecular flexibility index (Phi) is 7.34. The van der Waals surface area contributed by atoms with E-state index in [0.29, 0.717) is 0 Å². The van der Waals surface area contributed by atoms with Gasteiger partial charge >= 0.3 is 0 Å². The van der Waals surface area contributed by atoms with Gasteiger partial charge in [0.15, 0.2) is 0 Å². The molecule has 1 heteroatoms.